The Morgan fingerprint density at radius 2 is 2.17 bits per heavy atom. The van der Waals surface area contributed by atoms with E-state index in [-0.39, 0.29) is 29.8 Å². The molecule has 100 valence electrons. The van der Waals surface area contributed by atoms with Gasteiger partial charge in [0, 0.05) is 13.1 Å². The highest BCUT2D eigenvalue weighted by Gasteiger charge is 2.15. The molecular formula is C12H19N3O3. The van der Waals surface area contributed by atoms with Crippen LogP contribution in [-0.2, 0) is 7.05 Å². The van der Waals surface area contributed by atoms with Gasteiger partial charge in [0.2, 0.25) is 0 Å². The van der Waals surface area contributed by atoms with E-state index in [0.29, 0.717) is 12.3 Å². The first-order valence-electron chi connectivity index (χ1n) is 5.90. The average Bonchev–Trinajstić information content (AvgIpc) is 2.31. The van der Waals surface area contributed by atoms with Crippen molar-refractivity contribution in [1.29, 1.82) is 0 Å². The fourth-order valence-corrected chi connectivity index (χ4v) is 1.63. The Labute approximate surface area is 106 Å². The third-order valence-electron chi connectivity index (χ3n) is 2.50. The molecule has 0 spiro atoms. The van der Waals surface area contributed by atoms with E-state index in [9.17, 15) is 14.7 Å². The van der Waals surface area contributed by atoms with Crippen molar-refractivity contribution < 1.29 is 9.90 Å². The summed E-state index contributed by atoms with van der Waals surface area (Å²) in [5.41, 5.74) is -0.105. The Hall–Kier alpha value is -1.69. The number of amides is 1. The molecule has 6 nitrogen and oxygen atoms in total. The van der Waals surface area contributed by atoms with Crippen LogP contribution in [0.1, 0.15) is 30.8 Å². The monoisotopic (exact) mass is 253 g/mol. The summed E-state index contributed by atoms with van der Waals surface area (Å²) in [5, 5.41) is 15.7. The van der Waals surface area contributed by atoms with Crippen LogP contribution in [0.4, 0.5) is 0 Å². The molecule has 1 amide bonds. The molecule has 1 rings (SSSR count). The molecule has 0 aliphatic rings. The van der Waals surface area contributed by atoms with E-state index < -0.39 is 0 Å². The zero-order valence-electron chi connectivity index (χ0n) is 10.9. The predicted octanol–water partition coefficient (Wildman–Crippen LogP) is -0.0829. The van der Waals surface area contributed by atoms with Crippen molar-refractivity contribution in [2.45, 2.75) is 26.3 Å². The van der Waals surface area contributed by atoms with E-state index >= 15 is 0 Å². The summed E-state index contributed by atoms with van der Waals surface area (Å²) >= 11 is 0. The number of carbonyl (C=O) groups is 1. The quantitative estimate of drug-likeness (QED) is 0.768. The van der Waals surface area contributed by atoms with Gasteiger partial charge in [-0.1, -0.05) is 13.8 Å². The number of aryl methyl sites for hydroxylation is 1. The van der Waals surface area contributed by atoms with Gasteiger partial charge in [0.1, 0.15) is 5.69 Å². The Kier molecular flexibility index (Phi) is 5.03. The molecule has 1 atom stereocenters. The maximum Gasteiger partial charge on any atom is 0.272 e. The Bertz CT molecular complexity index is 468. The van der Waals surface area contributed by atoms with E-state index in [0.717, 1.165) is 4.68 Å². The van der Waals surface area contributed by atoms with Crippen LogP contribution >= 0.6 is 0 Å². The summed E-state index contributed by atoms with van der Waals surface area (Å²) in [6, 6.07) is 2.37. The molecule has 1 aromatic heterocycles. The molecule has 1 aromatic rings. The molecule has 0 aromatic carbocycles. The first-order chi connectivity index (χ1) is 8.43. The molecule has 0 saturated heterocycles. The zero-order chi connectivity index (χ0) is 13.7. The second kappa shape index (κ2) is 6.30. The molecule has 0 saturated carbocycles. The van der Waals surface area contributed by atoms with Crippen LogP contribution in [0.15, 0.2) is 16.9 Å². The lowest BCUT2D eigenvalue weighted by atomic mass is 10.0. The number of aromatic nitrogens is 2. The molecule has 6 heteroatoms. The van der Waals surface area contributed by atoms with Gasteiger partial charge in [0.25, 0.3) is 11.5 Å². The van der Waals surface area contributed by atoms with Gasteiger partial charge in [-0.15, -0.1) is 0 Å². The Balaban J connectivity index is 2.74. The highest BCUT2D eigenvalue weighted by atomic mass is 16.3. The standard InChI is InChI=1S/C12H19N3O3/c1-8(2)6-9(7-16)13-12(18)10-4-5-11(17)15(3)14-10/h4-5,8-9,16H,6-7H2,1-3H3,(H,13,18). The summed E-state index contributed by atoms with van der Waals surface area (Å²) in [6.07, 6.45) is 0.688. The molecule has 18 heavy (non-hydrogen) atoms. The molecule has 0 aliphatic carbocycles. The third kappa shape index (κ3) is 3.96. The topological polar surface area (TPSA) is 84.2 Å². The normalized spacial score (nSPS) is 12.5. The van der Waals surface area contributed by atoms with E-state index in [4.69, 9.17) is 0 Å². The minimum atomic E-state index is -0.384. The molecule has 1 unspecified atom stereocenters. The fraction of sp³-hybridized carbons (Fsp3) is 0.583. The van der Waals surface area contributed by atoms with Crippen molar-refractivity contribution >= 4 is 5.91 Å². The smallest absolute Gasteiger partial charge is 0.272 e. The van der Waals surface area contributed by atoms with Crippen molar-refractivity contribution in [3.05, 3.63) is 28.2 Å². The number of rotatable bonds is 5. The first kappa shape index (κ1) is 14.4. The highest BCUT2D eigenvalue weighted by Crippen LogP contribution is 2.04. The maximum atomic E-state index is 11.9. The van der Waals surface area contributed by atoms with Crippen LogP contribution < -0.4 is 10.9 Å². The molecular weight excluding hydrogens is 234 g/mol. The van der Waals surface area contributed by atoms with Gasteiger partial charge in [-0.2, -0.15) is 5.10 Å². The summed E-state index contributed by atoms with van der Waals surface area (Å²) in [6.45, 7) is 3.91. The number of nitrogens with one attached hydrogen (secondary N) is 1. The van der Waals surface area contributed by atoms with Crippen molar-refractivity contribution in [3.8, 4) is 0 Å². The second-order valence-corrected chi connectivity index (χ2v) is 4.66. The van der Waals surface area contributed by atoms with Crippen molar-refractivity contribution in [1.82, 2.24) is 15.1 Å². The van der Waals surface area contributed by atoms with Gasteiger partial charge < -0.3 is 10.4 Å². The maximum absolute atomic E-state index is 11.9. The van der Waals surface area contributed by atoms with Gasteiger partial charge in [-0.3, -0.25) is 9.59 Å². The Morgan fingerprint density at radius 3 is 2.67 bits per heavy atom. The molecule has 0 fully saturated rings. The first-order valence-corrected chi connectivity index (χ1v) is 5.90. The average molecular weight is 253 g/mol. The number of hydrogen-bond donors (Lipinski definition) is 2. The van der Waals surface area contributed by atoms with Crippen molar-refractivity contribution in [2.24, 2.45) is 13.0 Å². The lowest BCUT2D eigenvalue weighted by Gasteiger charge is -2.17. The van der Waals surface area contributed by atoms with Gasteiger partial charge >= 0.3 is 0 Å². The summed E-state index contributed by atoms with van der Waals surface area (Å²) in [4.78, 5) is 23.0. The van der Waals surface area contributed by atoms with Gasteiger partial charge in [0.05, 0.1) is 12.6 Å². The van der Waals surface area contributed by atoms with Crippen LogP contribution in [0, 0.1) is 5.92 Å². The SMILES string of the molecule is CC(C)CC(CO)NC(=O)c1ccc(=O)n(C)n1. The van der Waals surface area contributed by atoms with E-state index in [1.165, 1.54) is 19.2 Å². The number of aliphatic hydroxyl groups excluding tert-OH is 1. The molecule has 0 radical (unpaired) electrons. The number of carbonyl (C=O) groups excluding carboxylic acids is 1. The van der Waals surface area contributed by atoms with E-state index in [1.54, 1.807) is 0 Å². The van der Waals surface area contributed by atoms with Crippen molar-refractivity contribution in [2.75, 3.05) is 6.61 Å². The summed E-state index contributed by atoms with van der Waals surface area (Å²) < 4.78 is 1.10. The van der Waals surface area contributed by atoms with Crippen LogP contribution in [0.3, 0.4) is 0 Å². The van der Waals surface area contributed by atoms with E-state index in [1.807, 2.05) is 13.8 Å². The fourth-order valence-electron chi connectivity index (χ4n) is 1.63. The Morgan fingerprint density at radius 1 is 1.50 bits per heavy atom. The minimum absolute atomic E-state index is 0.115. The lowest BCUT2D eigenvalue weighted by molar-refractivity contribution is 0.0901. The number of nitrogens with zero attached hydrogens (tertiary/aromatic N) is 2. The van der Waals surface area contributed by atoms with Crippen LogP contribution in [0.25, 0.3) is 0 Å². The number of hydrogen-bond acceptors (Lipinski definition) is 4. The highest BCUT2D eigenvalue weighted by molar-refractivity contribution is 5.92. The van der Waals surface area contributed by atoms with Crippen LogP contribution in [0.5, 0.6) is 0 Å². The second-order valence-electron chi connectivity index (χ2n) is 4.66. The largest absolute Gasteiger partial charge is 0.394 e. The van der Waals surface area contributed by atoms with E-state index in [2.05, 4.69) is 10.4 Å². The van der Waals surface area contributed by atoms with Gasteiger partial charge in [-0.05, 0) is 18.4 Å². The molecule has 0 bridgehead atoms. The molecule has 2 N–H and O–H groups in total. The molecule has 0 aliphatic heterocycles. The van der Waals surface area contributed by atoms with Crippen LogP contribution in [0.2, 0.25) is 0 Å². The predicted molar refractivity (Wildman–Crippen MR) is 67.3 cm³/mol. The summed E-state index contributed by atoms with van der Waals surface area (Å²) in [5.74, 6) is -0.0131. The summed E-state index contributed by atoms with van der Waals surface area (Å²) in [7, 11) is 1.48. The van der Waals surface area contributed by atoms with Gasteiger partial charge in [-0.25, -0.2) is 4.68 Å². The lowest BCUT2D eigenvalue weighted by Crippen LogP contribution is -2.39. The minimum Gasteiger partial charge on any atom is -0.394 e. The third-order valence-corrected chi connectivity index (χ3v) is 2.50. The van der Waals surface area contributed by atoms with Crippen molar-refractivity contribution in [3.63, 3.8) is 0 Å². The van der Waals surface area contributed by atoms with Crippen LogP contribution in [-0.4, -0.2) is 33.4 Å². The van der Waals surface area contributed by atoms with Gasteiger partial charge in [0.15, 0.2) is 0 Å². The zero-order valence-corrected chi connectivity index (χ0v) is 10.9. The molecule has 1 heterocycles. The number of aliphatic hydroxyl groups is 1.